The van der Waals surface area contributed by atoms with Gasteiger partial charge in [-0.05, 0) is 6.42 Å². The van der Waals surface area contributed by atoms with Crippen LogP contribution < -0.4 is 35.9 Å². The molecule has 2 unspecified atom stereocenters. The summed E-state index contributed by atoms with van der Waals surface area (Å²) in [4.78, 5) is 97.4. The summed E-state index contributed by atoms with van der Waals surface area (Å²) in [5, 5.41) is 36.7. The van der Waals surface area contributed by atoms with Crippen molar-refractivity contribution in [1.29, 1.82) is 0 Å². The van der Waals surface area contributed by atoms with Crippen LogP contribution in [-0.2, 0) is 50.7 Å². The number of carbonyl (C=O) groups is 3. The van der Waals surface area contributed by atoms with Crippen LogP contribution in [0.5, 0.6) is 0 Å². The Labute approximate surface area is 489 Å². The first-order valence-corrected chi connectivity index (χ1v) is 35.0. The summed E-state index contributed by atoms with van der Waals surface area (Å²) in [7, 11) is -17.7. The highest BCUT2D eigenvalue weighted by Gasteiger charge is 2.47. The number of aliphatic hydroxyl groups is 3. The van der Waals surface area contributed by atoms with Gasteiger partial charge in [0, 0.05) is 37.1 Å². The van der Waals surface area contributed by atoms with Gasteiger partial charge in [-0.25, -0.2) is 19.3 Å². The Morgan fingerprint density at radius 3 is 1.76 bits per heavy atom. The third kappa shape index (κ3) is 31.2. The lowest BCUT2D eigenvalue weighted by atomic mass is 9.87. The van der Waals surface area contributed by atoms with E-state index in [2.05, 4.69) is 50.4 Å². The zero-order valence-corrected chi connectivity index (χ0v) is 51.9. The van der Waals surface area contributed by atoms with Crippen LogP contribution in [-0.4, -0.2) is 114 Å². The molecule has 0 aliphatic carbocycles. The van der Waals surface area contributed by atoms with E-state index in [0.29, 0.717) is 6.42 Å². The zero-order valence-electron chi connectivity index (χ0n) is 48.4. The number of ether oxygens (including phenoxy) is 1. The molecule has 1 saturated heterocycles. The standard InChI is InChI=1S/C53H98N7O18P3S/c1-4-5-6-7-8-9-10-11-12-13-14-15-16-17-18-19-20-21-22-23-24-25-26-27-28-29-30-31-41(61)36-44(63)82-35-34-55-43(62)32-33-56-51(66)48(65)53(2,3)38-75-81(72,73)78-80(70,71)74-37-42-47(77-79(67,68)69)46(64)52(76-42)60-40-59-45-49(54)57-39-58-50(45)60/h39-42,46-48,52,61,64-65H,4-38H2,1-3H3,(H,55,62)(H,56,66)(H,70,71)(H,72,73)(H2,54,57,58)(H2,67,68,69)/p-4/t41-,42-,46-,47-,48+,52-/m1/s1. The fourth-order valence-corrected chi connectivity index (χ4v) is 13.0. The lowest BCUT2D eigenvalue weighted by molar-refractivity contribution is -0.347. The fourth-order valence-electron chi connectivity index (χ4n) is 9.50. The van der Waals surface area contributed by atoms with Gasteiger partial charge >= 0.3 is 0 Å². The minimum absolute atomic E-state index is 0.0183. The van der Waals surface area contributed by atoms with Gasteiger partial charge in [0.15, 0.2) is 22.8 Å². The molecule has 2 amide bonds. The van der Waals surface area contributed by atoms with Crippen molar-refractivity contribution in [3.63, 3.8) is 0 Å². The second kappa shape index (κ2) is 40.1. The smallest absolute Gasteiger partial charge is 0.274 e. The molecule has 1 aliphatic heterocycles. The third-order valence-corrected chi connectivity index (χ3v) is 18.2. The molecule has 8 atom stereocenters. The number of hydrogen-bond acceptors (Lipinski definition) is 23. The van der Waals surface area contributed by atoms with E-state index >= 15 is 0 Å². The summed E-state index contributed by atoms with van der Waals surface area (Å²) in [6.45, 7) is 2.30. The Kier molecular flexibility index (Phi) is 36.0. The van der Waals surface area contributed by atoms with Gasteiger partial charge in [0.1, 0.15) is 36.3 Å². The summed E-state index contributed by atoms with van der Waals surface area (Å²) in [6.07, 6.45) is 28.1. The van der Waals surface area contributed by atoms with Gasteiger partial charge in [-0.15, -0.1) is 0 Å². The normalized spacial score (nSPS) is 19.0. The number of aromatic nitrogens is 4. The quantitative estimate of drug-likeness (QED) is 0.0292. The van der Waals surface area contributed by atoms with Crippen molar-refractivity contribution < 1.29 is 85.6 Å². The van der Waals surface area contributed by atoms with Crippen LogP contribution in [0.1, 0.15) is 220 Å². The summed E-state index contributed by atoms with van der Waals surface area (Å²) in [6, 6.07) is 0. The van der Waals surface area contributed by atoms with E-state index < -0.39 is 90.7 Å². The highest BCUT2D eigenvalue weighted by molar-refractivity contribution is 8.13. The number of nitrogen functional groups attached to an aromatic ring is 1. The fraction of sp³-hybridized carbons (Fsp3) is 0.849. The molecule has 0 bridgehead atoms. The summed E-state index contributed by atoms with van der Waals surface area (Å²) in [5.41, 5.74) is 4.08. The Morgan fingerprint density at radius 2 is 1.24 bits per heavy atom. The Hall–Kier alpha value is -2.48. The molecule has 0 spiro atoms. The van der Waals surface area contributed by atoms with Gasteiger partial charge in [-0.2, -0.15) is 0 Å². The number of aliphatic hydroxyl groups excluding tert-OH is 3. The largest absolute Gasteiger partial charge is 0.790 e. The number of amides is 2. The van der Waals surface area contributed by atoms with Crippen LogP contribution in [0.2, 0.25) is 0 Å². The zero-order chi connectivity index (χ0) is 60.4. The topological polar surface area (TPSA) is 395 Å². The van der Waals surface area contributed by atoms with E-state index in [9.17, 15) is 63.0 Å². The highest BCUT2D eigenvalue weighted by Crippen LogP contribution is 2.56. The maximum atomic E-state index is 12.7. The molecule has 1 fully saturated rings. The van der Waals surface area contributed by atoms with Crippen molar-refractivity contribution in [2.75, 3.05) is 37.8 Å². The maximum Gasteiger partial charge on any atom is 0.274 e. The predicted octanol–water partition coefficient (Wildman–Crippen LogP) is 6.83. The van der Waals surface area contributed by atoms with Gasteiger partial charge < -0.3 is 74.1 Å². The monoisotopic (exact) mass is 1240 g/mol. The second-order valence-electron chi connectivity index (χ2n) is 22.0. The number of imidazole rings is 1. The molecule has 0 aromatic carbocycles. The number of carbonyl (C=O) groups excluding carboxylic acids is 3. The number of rotatable bonds is 49. The molecule has 0 saturated carbocycles. The van der Waals surface area contributed by atoms with E-state index in [1.807, 2.05) is 0 Å². The predicted molar refractivity (Wildman–Crippen MR) is 304 cm³/mol. The molecule has 3 heterocycles. The number of phosphoric acid groups is 3. The number of thioether (sulfide) groups is 1. The first-order valence-electron chi connectivity index (χ1n) is 29.6. The number of unbranched alkanes of at least 4 members (excludes halogenated alkanes) is 26. The van der Waals surface area contributed by atoms with Gasteiger partial charge in [-0.3, -0.25) is 28.1 Å². The van der Waals surface area contributed by atoms with Crippen molar-refractivity contribution in [1.82, 2.24) is 30.2 Å². The van der Waals surface area contributed by atoms with Crippen molar-refractivity contribution in [2.45, 2.75) is 250 Å². The third-order valence-electron chi connectivity index (χ3n) is 14.3. The molecular weight excluding hydrogens is 1150 g/mol. The summed E-state index contributed by atoms with van der Waals surface area (Å²) >= 11 is 0.997. The molecule has 82 heavy (non-hydrogen) atoms. The molecule has 2 aromatic heterocycles. The molecule has 0 radical (unpaired) electrons. The molecule has 29 heteroatoms. The molecule has 25 nitrogen and oxygen atoms in total. The van der Waals surface area contributed by atoms with Crippen molar-refractivity contribution in [3.05, 3.63) is 12.7 Å². The van der Waals surface area contributed by atoms with Gasteiger partial charge in [0.25, 0.3) is 15.6 Å². The second-order valence-corrected chi connectivity index (χ2v) is 27.3. The molecule has 1 aliphatic rings. The minimum Gasteiger partial charge on any atom is -0.790 e. The summed E-state index contributed by atoms with van der Waals surface area (Å²) < 4.78 is 61.0. The first-order chi connectivity index (χ1) is 38.9. The number of nitrogens with zero attached hydrogens (tertiary/aromatic N) is 4. The van der Waals surface area contributed by atoms with E-state index in [1.54, 1.807) is 0 Å². The number of anilines is 1. The van der Waals surface area contributed by atoms with Crippen LogP contribution in [0.15, 0.2) is 12.7 Å². The van der Waals surface area contributed by atoms with E-state index in [4.69, 9.17) is 10.5 Å². The van der Waals surface area contributed by atoms with Crippen LogP contribution in [0.4, 0.5) is 5.82 Å². The number of fused-ring (bicyclic) bond motifs is 1. The lowest BCUT2D eigenvalue weighted by Crippen LogP contribution is -2.46. The van der Waals surface area contributed by atoms with Crippen LogP contribution in [0.25, 0.3) is 11.2 Å². The number of hydrogen-bond donors (Lipinski definition) is 6. The van der Waals surface area contributed by atoms with E-state index in [1.165, 1.54) is 168 Å². The average molecular weight is 1240 g/mol. The van der Waals surface area contributed by atoms with Gasteiger partial charge in [0.05, 0.1) is 33.5 Å². The van der Waals surface area contributed by atoms with Crippen molar-refractivity contribution in [3.8, 4) is 0 Å². The maximum absolute atomic E-state index is 12.7. The van der Waals surface area contributed by atoms with Crippen LogP contribution in [0, 0.1) is 5.41 Å². The minimum atomic E-state index is -5.94. The van der Waals surface area contributed by atoms with Crippen molar-refractivity contribution in [2.24, 2.45) is 5.41 Å². The Balaban J connectivity index is 1.16. The first kappa shape index (κ1) is 73.8. The van der Waals surface area contributed by atoms with Gasteiger partial charge in [0.2, 0.25) is 11.8 Å². The molecule has 7 N–H and O–H groups in total. The number of phosphoric ester groups is 3. The molecule has 474 valence electrons. The lowest BCUT2D eigenvalue weighted by Gasteiger charge is -2.36. The van der Waals surface area contributed by atoms with Gasteiger partial charge in [-0.1, -0.05) is 206 Å². The molecular formula is C53H94N7O18P3S-4. The SMILES string of the molecule is CCCCCCCCCCCCCCCCCCCCCCCCCCCCC[C@@H](O)CC(=O)SCCNC(=O)CCNC(=O)[C@H](O)C(C)(C)COP(=O)([O-])OP(=O)([O-])OC[C@H]1O[C@@H](n2cnc3c(N)ncnc32)[C@H](O)[C@@H]1OP(=O)([O-])[O-]. The Morgan fingerprint density at radius 1 is 0.744 bits per heavy atom. The highest BCUT2D eigenvalue weighted by atomic mass is 32.2. The molecule has 2 aromatic rings. The average Bonchev–Trinajstić information content (AvgIpc) is 4.16. The van der Waals surface area contributed by atoms with Crippen LogP contribution >= 0.6 is 35.2 Å². The van der Waals surface area contributed by atoms with Crippen molar-refractivity contribution >= 4 is 69.1 Å². The summed E-state index contributed by atoms with van der Waals surface area (Å²) in [5.74, 6) is -1.32. The molecule has 3 rings (SSSR count). The Bertz CT molecular complexity index is 2280. The van der Waals surface area contributed by atoms with Crippen LogP contribution in [0.3, 0.4) is 0 Å². The van der Waals surface area contributed by atoms with E-state index in [-0.39, 0.29) is 53.8 Å². The number of nitrogens with two attached hydrogens (primary N) is 1. The van der Waals surface area contributed by atoms with E-state index in [0.717, 1.165) is 48.2 Å². The number of nitrogens with one attached hydrogen (secondary N) is 2.